The van der Waals surface area contributed by atoms with Crippen LogP contribution in [-0.2, 0) is 0 Å². The third-order valence-electron chi connectivity index (χ3n) is 2.75. The molecule has 1 aromatic carbocycles. The van der Waals surface area contributed by atoms with Gasteiger partial charge >= 0.3 is 0 Å². The first kappa shape index (κ1) is 13.8. The molecule has 2 rings (SSSR count). The molecule has 2 aromatic rings. The average Bonchev–Trinajstić information content (AvgIpc) is 2.45. The van der Waals surface area contributed by atoms with Crippen molar-refractivity contribution in [2.24, 2.45) is 0 Å². The Morgan fingerprint density at radius 2 is 2.25 bits per heavy atom. The Balaban J connectivity index is 2.08. The zero-order chi connectivity index (χ0) is 14.4. The van der Waals surface area contributed by atoms with Crippen molar-refractivity contribution in [1.82, 2.24) is 4.98 Å². The number of nitriles is 1. The van der Waals surface area contributed by atoms with Gasteiger partial charge in [-0.15, -0.1) is 0 Å². The molecule has 0 saturated heterocycles. The molecule has 102 valence electrons. The van der Waals surface area contributed by atoms with E-state index in [1.807, 2.05) is 25.1 Å². The lowest BCUT2D eigenvalue weighted by molar-refractivity contribution is 0.368. The van der Waals surface area contributed by atoms with E-state index in [9.17, 15) is 4.39 Å². The van der Waals surface area contributed by atoms with Crippen molar-refractivity contribution in [3.8, 4) is 11.8 Å². The first-order valence-electron chi connectivity index (χ1n) is 6.16. The molecule has 0 radical (unpaired) electrons. The average molecular weight is 271 g/mol. The highest BCUT2D eigenvalue weighted by Crippen LogP contribution is 2.22. The molecule has 4 nitrogen and oxygen atoms in total. The third-order valence-corrected chi connectivity index (χ3v) is 2.75. The van der Waals surface area contributed by atoms with E-state index < -0.39 is 0 Å². The van der Waals surface area contributed by atoms with Crippen molar-refractivity contribution in [2.75, 3.05) is 11.9 Å². The molecule has 5 heteroatoms. The Kier molecular flexibility index (Phi) is 4.51. The number of benzene rings is 1. The highest BCUT2D eigenvalue weighted by molar-refractivity contribution is 5.49. The number of anilines is 1. The number of rotatable bonds is 5. The number of halogens is 1. The molecular weight excluding hydrogens is 257 g/mol. The van der Waals surface area contributed by atoms with Crippen LogP contribution in [0.2, 0.25) is 0 Å². The second kappa shape index (κ2) is 6.53. The molecule has 0 spiro atoms. The van der Waals surface area contributed by atoms with Gasteiger partial charge in [0.2, 0.25) is 0 Å². The molecule has 0 fully saturated rings. The van der Waals surface area contributed by atoms with E-state index in [0.717, 1.165) is 11.3 Å². The van der Waals surface area contributed by atoms with E-state index in [4.69, 9.17) is 10.00 Å². The van der Waals surface area contributed by atoms with Crippen LogP contribution >= 0.6 is 0 Å². The highest BCUT2D eigenvalue weighted by atomic mass is 19.1. The fraction of sp³-hybridized carbons (Fsp3) is 0.200. The van der Waals surface area contributed by atoms with Gasteiger partial charge in [0.15, 0.2) is 6.61 Å². The number of nitrogens with one attached hydrogen (secondary N) is 1. The van der Waals surface area contributed by atoms with Gasteiger partial charge in [-0.05, 0) is 30.7 Å². The second-order valence-electron chi connectivity index (χ2n) is 4.28. The van der Waals surface area contributed by atoms with Crippen LogP contribution in [0.15, 0.2) is 42.7 Å². The lowest BCUT2D eigenvalue weighted by Crippen LogP contribution is -2.07. The predicted molar refractivity (Wildman–Crippen MR) is 73.8 cm³/mol. The number of ether oxygens (including phenoxy) is 1. The zero-order valence-corrected chi connectivity index (χ0v) is 11.0. The summed E-state index contributed by atoms with van der Waals surface area (Å²) in [6.45, 7) is 1.92. The van der Waals surface area contributed by atoms with Crippen LogP contribution in [0.4, 0.5) is 10.1 Å². The quantitative estimate of drug-likeness (QED) is 0.906. The Hall–Kier alpha value is -2.61. The fourth-order valence-corrected chi connectivity index (χ4v) is 1.79. The number of aromatic nitrogens is 1. The summed E-state index contributed by atoms with van der Waals surface area (Å²) in [5, 5.41) is 11.7. The van der Waals surface area contributed by atoms with Gasteiger partial charge in [-0.25, -0.2) is 4.39 Å². The van der Waals surface area contributed by atoms with Crippen LogP contribution in [0.3, 0.4) is 0 Å². The Morgan fingerprint density at radius 1 is 1.40 bits per heavy atom. The smallest absolute Gasteiger partial charge is 0.174 e. The topological polar surface area (TPSA) is 57.9 Å². The minimum Gasteiger partial charge on any atom is -0.479 e. The van der Waals surface area contributed by atoms with Gasteiger partial charge in [-0.2, -0.15) is 5.26 Å². The fourth-order valence-electron chi connectivity index (χ4n) is 1.79. The van der Waals surface area contributed by atoms with Crippen LogP contribution in [0.25, 0.3) is 0 Å². The van der Waals surface area contributed by atoms with Crippen LogP contribution in [-0.4, -0.2) is 11.6 Å². The standard InChI is InChI=1S/C15H14FN3O/c1-11(12-7-13(16)10-18-9-12)19-14-3-2-4-15(8-14)20-6-5-17/h2-4,7-11,19H,6H2,1H3. The third kappa shape index (κ3) is 3.69. The van der Waals surface area contributed by atoms with Crippen molar-refractivity contribution < 1.29 is 9.13 Å². The maximum absolute atomic E-state index is 13.1. The molecule has 0 saturated carbocycles. The Labute approximate surface area is 116 Å². The first-order chi connectivity index (χ1) is 9.69. The van der Waals surface area contributed by atoms with E-state index in [-0.39, 0.29) is 18.5 Å². The lowest BCUT2D eigenvalue weighted by Gasteiger charge is -2.16. The van der Waals surface area contributed by atoms with Gasteiger partial charge in [0, 0.05) is 18.0 Å². The van der Waals surface area contributed by atoms with Crippen molar-refractivity contribution in [3.63, 3.8) is 0 Å². The molecule has 1 N–H and O–H groups in total. The predicted octanol–water partition coefficient (Wildman–Crippen LogP) is 3.30. The van der Waals surface area contributed by atoms with Crippen molar-refractivity contribution >= 4 is 5.69 Å². The molecule has 0 aliphatic carbocycles. The largest absolute Gasteiger partial charge is 0.479 e. The molecule has 0 aliphatic heterocycles. The van der Waals surface area contributed by atoms with Crippen molar-refractivity contribution in [3.05, 3.63) is 54.1 Å². The molecule has 0 bridgehead atoms. The minimum absolute atomic E-state index is 0.00677. The molecular formula is C15H14FN3O. The van der Waals surface area contributed by atoms with E-state index in [1.165, 1.54) is 12.3 Å². The molecule has 1 atom stereocenters. The molecule has 1 heterocycles. The van der Waals surface area contributed by atoms with Crippen molar-refractivity contribution in [1.29, 1.82) is 5.26 Å². The number of hydrogen-bond donors (Lipinski definition) is 1. The van der Waals surface area contributed by atoms with Gasteiger partial charge in [0.1, 0.15) is 17.6 Å². The van der Waals surface area contributed by atoms with E-state index in [1.54, 1.807) is 18.3 Å². The lowest BCUT2D eigenvalue weighted by atomic mass is 10.1. The van der Waals surface area contributed by atoms with E-state index in [0.29, 0.717) is 5.75 Å². The molecule has 1 aromatic heterocycles. The normalized spacial score (nSPS) is 11.4. The van der Waals surface area contributed by atoms with Crippen LogP contribution in [0.5, 0.6) is 5.75 Å². The highest BCUT2D eigenvalue weighted by Gasteiger charge is 2.07. The number of nitrogens with zero attached hydrogens (tertiary/aromatic N) is 2. The summed E-state index contributed by atoms with van der Waals surface area (Å²) in [5.41, 5.74) is 1.59. The monoisotopic (exact) mass is 271 g/mol. The van der Waals surface area contributed by atoms with Gasteiger partial charge in [-0.1, -0.05) is 6.07 Å². The first-order valence-corrected chi connectivity index (χ1v) is 6.16. The Bertz CT molecular complexity index is 625. The number of hydrogen-bond acceptors (Lipinski definition) is 4. The summed E-state index contributed by atoms with van der Waals surface area (Å²) in [5.74, 6) is 0.253. The van der Waals surface area contributed by atoms with Crippen molar-refractivity contribution in [2.45, 2.75) is 13.0 Å². The summed E-state index contributed by atoms with van der Waals surface area (Å²) in [6.07, 6.45) is 2.79. The summed E-state index contributed by atoms with van der Waals surface area (Å²) in [4.78, 5) is 3.83. The summed E-state index contributed by atoms with van der Waals surface area (Å²) in [6, 6.07) is 10.5. The summed E-state index contributed by atoms with van der Waals surface area (Å²) in [7, 11) is 0. The zero-order valence-electron chi connectivity index (χ0n) is 11.0. The minimum atomic E-state index is -0.359. The van der Waals surface area contributed by atoms with Gasteiger partial charge in [0.05, 0.1) is 12.2 Å². The van der Waals surface area contributed by atoms with Crippen LogP contribution < -0.4 is 10.1 Å². The van der Waals surface area contributed by atoms with Gasteiger partial charge in [-0.3, -0.25) is 4.98 Å². The molecule has 0 aliphatic rings. The number of pyridine rings is 1. The van der Waals surface area contributed by atoms with Gasteiger partial charge < -0.3 is 10.1 Å². The molecule has 0 amide bonds. The SMILES string of the molecule is CC(Nc1cccc(OCC#N)c1)c1cncc(F)c1. The second-order valence-corrected chi connectivity index (χ2v) is 4.28. The van der Waals surface area contributed by atoms with E-state index in [2.05, 4.69) is 10.3 Å². The molecule has 20 heavy (non-hydrogen) atoms. The Morgan fingerprint density at radius 3 is 3.00 bits per heavy atom. The molecule has 1 unspecified atom stereocenters. The van der Waals surface area contributed by atoms with E-state index >= 15 is 0 Å². The van der Waals surface area contributed by atoms with Crippen LogP contribution in [0, 0.1) is 17.1 Å². The van der Waals surface area contributed by atoms with Crippen LogP contribution in [0.1, 0.15) is 18.5 Å². The maximum atomic E-state index is 13.1. The summed E-state index contributed by atoms with van der Waals surface area (Å²) >= 11 is 0. The van der Waals surface area contributed by atoms with Gasteiger partial charge in [0.25, 0.3) is 0 Å². The summed E-state index contributed by atoms with van der Waals surface area (Å²) < 4.78 is 18.4. The maximum Gasteiger partial charge on any atom is 0.174 e.